The SMILES string of the molecule is COC(=O)CC[C@H](NC1(C(N)=O)CCCCC1)C(=O)OC. The molecule has 0 aromatic heterocycles. The summed E-state index contributed by atoms with van der Waals surface area (Å²) in [5.74, 6) is -1.39. The van der Waals surface area contributed by atoms with E-state index in [0.717, 1.165) is 19.3 Å². The monoisotopic (exact) mass is 300 g/mol. The van der Waals surface area contributed by atoms with Crippen molar-refractivity contribution in [3.05, 3.63) is 0 Å². The highest BCUT2D eigenvalue weighted by Crippen LogP contribution is 2.29. The van der Waals surface area contributed by atoms with E-state index in [4.69, 9.17) is 10.5 Å². The molecule has 120 valence electrons. The molecule has 1 rings (SSSR count). The molecule has 0 spiro atoms. The van der Waals surface area contributed by atoms with Gasteiger partial charge in [0.25, 0.3) is 0 Å². The van der Waals surface area contributed by atoms with Crippen LogP contribution >= 0.6 is 0 Å². The van der Waals surface area contributed by atoms with Crippen molar-refractivity contribution in [1.82, 2.24) is 5.32 Å². The van der Waals surface area contributed by atoms with Gasteiger partial charge >= 0.3 is 11.9 Å². The van der Waals surface area contributed by atoms with Crippen molar-refractivity contribution in [3.63, 3.8) is 0 Å². The van der Waals surface area contributed by atoms with Crippen LogP contribution in [0.25, 0.3) is 0 Å². The highest BCUT2D eigenvalue weighted by atomic mass is 16.5. The first-order valence-electron chi connectivity index (χ1n) is 7.17. The summed E-state index contributed by atoms with van der Waals surface area (Å²) >= 11 is 0. The maximum Gasteiger partial charge on any atom is 0.322 e. The lowest BCUT2D eigenvalue weighted by Crippen LogP contribution is -2.61. The summed E-state index contributed by atoms with van der Waals surface area (Å²) in [6.45, 7) is 0. The highest BCUT2D eigenvalue weighted by Gasteiger charge is 2.41. The van der Waals surface area contributed by atoms with E-state index in [-0.39, 0.29) is 12.8 Å². The van der Waals surface area contributed by atoms with Crippen LogP contribution in [-0.2, 0) is 23.9 Å². The molecular weight excluding hydrogens is 276 g/mol. The number of methoxy groups -OCH3 is 2. The van der Waals surface area contributed by atoms with Crippen LogP contribution in [-0.4, -0.2) is 43.6 Å². The van der Waals surface area contributed by atoms with E-state index in [1.54, 1.807) is 0 Å². The van der Waals surface area contributed by atoms with Crippen LogP contribution in [0, 0.1) is 0 Å². The Labute approximate surface area is 124 Å². The average molecular weight is 300 g/mol. The molecule has 1 amide bonds. The second-order valence-corrected chi connectivity index (χ2v) is 5.34. The molecule has 0 bridgehead atoms. The van der Waals surface area contributed by atoms with E-state index in [1.165, 1.54) is 14.2 Å². The minimum atomic E-state index is -0.896. The minimum Gasteiger partial charge on any atom is -0.469 e. The molecular formula is C14H24N2O5. The molecule has 7 heteroatoms. The van der Waals surface area contributed by atoms with E-state index in [0.29, 0.717) is 12.8 Å². The van der Waals surface area contributed by atoms with Crippen molar-refractivity contribution in [3.8, 4) is 0 Å². The lowest BCUT2D eigenvalue weighted by Gasteiger charge is -2.37. The standard InChI is InChI=1S/C14H24N2O5/c1-20-11(17)7-6-10(12(18)21-2)16-14(13(15)19)8-4-3-5-9-14/h10,16H,3-9H2,1-2H3,(H2,15,19)/t10-/m0/s1. The number of nitrogens with two attached hydrogens (primary N) is 1. The third-order valence-corrected chi connectivity index (χ3v) is 3.98. The molecule has 1 atom stereocenters. The van der Waals surface area contributed by atoms with Crippen LogP contribution in [0.1, 0.15) is 44.9 Å². The smallest absolute Gasteiger partial charge is 0.322 e. The molecule has 0 aromatic carbocycles. The quantitative estimate of drug-likeness (QED) is 0.653. The summed E-state index contributed by atoms with van der Waals surface area (Å²) in [6, 6.07) is -0.750. The zero-order chi connectivity index (χ0) is 15.9. The second kappa shape index (κ2) is 7.97. The third-order valence-electron chi connectivity index (χ3n) is 3.98. The number of carbonyl (C=O) groups is 3. The molecule has 1 aliphatic rings. The topological polar surface area (TPSA) is 108 Å². The summed E-state index contributed by atoms with van der Waals surface area (Å²) in [6.07, 6.45) is 4.25. The zero-order valence-electron chi connectivity index (χ0n) is 12.6. The molecule has 1 fully saturated rings. The van der Waals surface area contributed by atoms with Crippen molar-refractivity contribution >= 4 is 17.8 Å². The zero-order valence-corrected chi connectivity index (χ0v) is 12.6. The van der Waals surface area contributed by atoms with Gasteiger partial charge in [0.05, 0.1) is 19.8 Å². The molecule has 0 aliphatic heterocycles. The maximum absolute atomic E-state index is 11.9. The first kappa shape index (κ1) is 17.4. The Morgan fingerprint density at radius 2 is 1.76 bits per heavy atom. The second-order valence-electron chi connectivity index (χ2n) is 5.34. The lowest BCUT2D eigenvalue weighted by atomic mass is 9.80. The van der Waals surface area contributed by atoms with Gasteiger partial charge in [0.1, 0.15) is 6.04 Å². The molecule has 0 heterocycles. The van der Waals surface area contributed by atoms with Crippen LogP contribution in [0.3, 0.4) is 0 Å². The van der Waals surface area contributed by atoms with E-state index >= 15 is 0 Å². The van der Waals surface area contributed by atoms with Crippen molar-refractivity contribution in [2.24, 2.45) is 5.73 Å². The van der Waals surface area contributed by atoms with Crippen LogP contribution in [0.5, 0.6) is 0 Å². The largest absolute Gasteiger partial charge is 0.469 e. The van der Waals surface area contributed by atoms with Gasteiger partial charge in [-0.3, -0.25) is 19.7 Å². The Hall–Kier alpha value is -1.63. The summed E-state index contributed by atoms with van der Waals surface area (Å²) < 4.78 is 9.31. The van der Waals surface area contributed by atoms with Gasteiger partial charge < -0.3 is 15.2 Å². The predicted molar refractivity (Wildman–Crippen MR) is 75.2 cm³/mol. The predicted octanol–water partition coefficient (Wildman–Crippen LogP) is 0.259. The number of hydrogen-bond acceptors (Lipinski definition) is 6. The normalized spacial score (nSPS) is 18.6. The van der Waals surface area contributed by atoms with Gasteiger partial charge in [-0.1, -0.05) is 19.3 Å². The van der Waals surface area contributed by atoms with Gasteiger partial charge in [-0.15, -0.1) is 0 Å². The van der Waals surface area contributed by atoms with Crippen LogP contribution < -0.4 is 11.1 Å². The molecule has 0 unspecified atom stereocenters. The minimum absolute atomic E-state index is 0.0676. The van der Waals surface area contributed by atoms with E-state index < -0.39 is 29.4 Å². The van der Waals surface area contributed by atoms with Crippen LogP contribution in [0.2, 0.25) is 0 Å². The number of carbonyl (C=O) groups excluding carboxylic acids is 3. The summed E-state index contributed by atoms with van der Waals surface area (Å²) in [5, 5.41) is 3.04. The van der Waals surface area contributed by atoms with E-state index in [9.17, 15) is 14.4 Å². The van der Waals surface area contributed by atoms with Crippen molar-refractivity contribution in [2.75, 3.05) is 14.2 Å². The molecule has 7 nitrogen and oxygen atoms in total. The molecule has 0 radical (unpaired) electrons. The number of rotatable bonds is 7. The Kier molecular flexibility index (Phi) is 6.61. The number of ether oxygens (including phenoxy) is 2. The molecule has 3 N–H and O–H groups in total. The maximum atomic E-state index is 11.9. The van der Waals surface area contributed by atoms with Gasteiger partial charge in [0.2, 0.25) is 5.91 Å². The van der Waals surface area contributed by atoms with Crippen molar-refractivity contribution in [2.45, 2.75) is 56.5 Å². The molecule has 0 aromatic rings. The Bertz CT molecular complexity index is 391. The molecule has 1 saturated carbocycles. The van der Waals surface area contributed by atoms with Gasteiger partial charge in [-0.2, -0.15) is 0 Å². The summed E-state index contributed by atoms with van der Waals surface area (Å²) in [7, 11) is 2.56. The number of hydrogen-bond donors (Lipinski definition) is 2. The van der Waals surface area contributed by atoms with Crippen LogP contribution in [0.4, 0.5) is 0 Å². The van der Waals surface area contributed by atoms with Crippen LogP contribution in [0.15, 0.2) is 0 Å². The summed E-state index contributed by atoms with van der Waals surface area (Å²) in [5.41, 5.74) is 4.63. The highest BCUT2D eigenvalue weighted by molar-refractivity contribution is 5.86. The van der Waals surface area contributed by atoms with Gasteiger partial charge in [0.15, 0.2) is 0 Å². The van der Waals surface area contributed by atoms with Gasteiger partial charge in [-0.25, -0.2) is 0 Å². The molecule has 0 saturated heterocycles. The van der Waals surface area contributed by atoms with E-state index in [2.05, 4.69) is 10.1 Å². The Morgan fingerprint density at radius 3 is 2.24 bits per heavy atom. The molecule has 21 heavy (non-hydrogen) atoms. The van der Waals surface area contributed by atoms with Gasteiger partial charge in [-0.05, 0) is 19.3 Å². The Balaban J connectivity index is 2.79. The number of amides is 1. The number of primary amides is 1. The van der Waals surface area contributed by atoms with E-state index in [1.807, 2.05) is 0 Å². The van der Waals surface area contributed by atoms with Gasteiger partial charge in [0, 0.05) is 6.42 Å². The third kappa shape index (κ3) is 4.70. The van der Waals surface area contributed by atoms with Crippen molar-refractivity contribution in [1.29, 1.82) is 0 Å². The first-order valence-corrected chi connectivity index (χ1v) is 7.17. The molecule has 1 aliphatic carbocycles. The average Bonchev–Trinajstić information content (AvgIpc) is 2.50. The fourth-order valence-electron chi connectivity index (χ4n) is 2.71. The fraction of sp³-hybridized carbons (Fsp3) is 0.786. The lowest BCUT2D eigenvalue weighted by molar-refractivity contribution is -0.145. The Morgan fingerprint density at radius 1 is 1.14 bits per heavy atom. The number of esters is 2. The fourth-order valence-corrected chi connectivity index (χ4v) is 2.71. The van der Waals surface area contributed by atoms with Crippen molar-refractivity contribution < 1.29 is 23.9 Å². The first-order chi connectivity index (χ1) is 9.95. The number of nitrogens with one attached hydrogen (secondary N) is 1. The summed E-state index contributed by atoms with van der Waals surface area (Å²) in [4.78, 5) is 34.9.